The van der Waals surface area contributed by atoms with Gasteiger partial charge in [-0.3, -0.25) is 4.79 Å². The lowest BCUT2D eigenvalue weighted by molar-refractivity contribution is -0.122. The number of anilines is 1. The Bertz CT molecular complexity index is 714. The Morgan fingerprint density at radius 3 is 2.38 bits per heavy atom. The van der Waals surface area contributed by atoms with Crippen molar-refractivity contribution in [3.63, 3.8) is 0 Å². The second-order valence-electron chi connectivity index (χ2n) is 6.56. The van der Waals surface area contributed by atoms with Gasteiger partial charge in [-0.2, -0.15) is 0 Å². The Morgan fingerprint density at radius 2 is 1.71 bits per heavy atom. The van der Waals surface area contributed by atoms with E-state index in [9.17, 15) is 4.79 Å². The molecule has 1 atom stereocenters. The lowest BCUT2D eigenvalue weighted by Crippen LogP contribution is -2.46. The summed E-state index contributed by atoms with van der Waals surface area (Å²) in [5.74, 6) is 0.108. The number of carbonyl (C=O) groups is 1. The van der Waals surface area contributed by atoms with Crippen molar-refractivity contribution >= 4 is 11.6 Å². The summed E-state index contributed by atoms with van der Waals surface area (Å²) in [4.78, 5) is 15.6. The van der Waals surface area contributed by atoms with E-state index >= 15 is 0 Å². The molecule has 0 aliphatic carbocycles. The summed E-state index contributed by atoms with van der Waals surface area (Å²) >= 11 is 0. The SMILES string of the molecule is CNN1C(=O)[C@](CCCN(C)C)(c2ccccc2)c2ccccc21. The molecule has 0 bridgehead atoms. The van der Waals surface area contributed by atoms with Gasteiger partial charge in [0.05, 0.1) is 5.69 Å². The number of hydrazine groups is 1. The molecule has 24 heavy (non-hydrogen) atoms. The zero-order valence-corrected chi connectivity index (χ0v) is 14.6. The van der Waals surface area contributed by atoms with Crippen LogP contribution in [0, 0.1) is 0 Å². The first-order valence-electron chi connectivity index (χ1n) is 8.43. The van der Waals surface area contributed by atoms with Crippen LogP contribution in [0.1, 0.15) is 24.0 Å². The molecule has 3 rings (SSSR count). The van der Waals surface area contributed by atoms with Gasteiger partial charge in [0.2, 0.25) is 0 Å². The van der Waals surface area contributed by atoms with E-state index in [1.807, 2.05) is 36.4 Å². The van der Waals surface area contributed by atoms with Crippen LogP contribution in [-0.2, 0) is 10.2 Å². The zero-order valence-electron chi connectivity index (χ0n) is 14.6. The standard InChI is InChI=1S/C20H25N3O/c1-21-23-18-13-8-7-12-17(18)20(19(23)24,14-9-15-22(2)3)16-10-5-4-6-11-16/h4-8,10-13,21H,9,14-15H2,1-3H3/t20-/m1/s1. The van der Waals surface area contributed by atoms with E-state index in [2.05, 4.69) is 42.6 Å². The fourth-order valence-electron chi connectivity index (χ4n) is 3.72. The van der Waals surface area contributed by atoms with E-state index in [-0.39, 0.29) is 5.91 Å². The molecular formula is C20H25N3O. The van der Waals surface area contributed by atoms with Gasteiger partial charge in [0.25, 0.3) is 5.91 Å². The molecule has 1 amide bonds. The smallest absolute Gasteiger partial charge is 0.256 e. The van der Waals surface area contributed by atoms with Crippen LogP contribution in [0.25, 0.3) is 0 Å². The number of para-hydroxylation sites is 1. The van der Waals surface area contributed by atoms with Crippen LogP contribution in [0.4, 0.5) is 5.69 Å². The Hall–Kier alpha value is -2.17. The van der Waals surface area contributed by atoms with Crippen molar-refractivity contribution in [2.75, 3.05) is 32.7 Å². The van der Waals surface area contributed by atoms with Crippen molar-refractivity contribution in [3.05, 3.63) is 65.7 Å². The van der Waals surface area contributed by atoms with Crippen molar-refractivity contribution in [2.24, 2.45) is 0 Å². The molecular weight excluding hydrogens is 298 g/mol. The van der Waals surface area contributed by atoms with Crippen LogP contribution in [0.15, 0.2) is 54.6 Å². The van der Waals surface area contributed by atoms with Gasteiger partial charge in [-0.1, -0.05) is 48.5 Å². The summed E-state index contributed by atoms with van der Waals surface area (Å²) in [7, 11) is 5.94. The highest BCUT2D eigenvalue weighted by Crippen LogP contribution is 2.48. The van der Waals surface area contributed by atoms with Crippen molar-refractivity contribution in [2.45, 2.75) is 18.3 Å². The number of nitrogens with one attached hydrogen (secondary N) is 1. The van der Waals surface area contributed by atoms with Crippen LogP contribution < -0.4 is 10.4 Å². The van der Waals surface area contributed by atoms with Crippen LogP contribution in [0.3, 0.4) is 0 Å². The van der Waals surface area contributed by atoms with Crippen molar-refractivity contribution < 1.29 is 4.79 Å². The van der Waals surface area contributed by atoms with Crippen molar-refractivity contribution in [3.8, 4) is 0 Å². The van der Waals surface area contributed by atoms with E-state index in [0.29, 0.717) is 0 Å². The molecule has 2 aromatic rings. The van der Waals surface area contributed by atoms with Gasteiger partial charge in [-0.25, -0.2) is 10.4 Å². The van der Waals surface area contributed by atoms with Crippen LogP contribution in [0.5, 0.6) is 0 Å². The van der Waals surface area contributed by atoms with Gasteiger partial charge in [0.1, 0.15) is 5.41 Å². The quantitative estimate of drug-likeness (QED) is 0.888. The molecule has 1 aliphatic heterocycles. The van der Waals surface area contributed by atoms with Gasteiger partial charge < -0.3 is 4.90 Å². The van der Waals surface area contributed by atoms with E-state index in [1.54, 1.807) is 12.1 Å². The Labute approximate surface area is 144 Å². The van der Waals surface area contributed by atoms with Gasteiger partial charge in [-0.05, 0) is 50.7 Å². The molecule has 1 heterocycles. The normalized spacial score (nSPS) is 19.8. The van der Waals surface area contributed by atoms with Crippen LogP contribution in [-0.4, -0.2) is 38.5 Å². The molecule has 126 valence electrons. The summed E-state index contributed by atoms with van der Waals surface area (Å²) in [5.41, 5.74) is 5.57. The number of benzene rings is 2. The Balaban J connectivity index is 2.13. The number of hydrogen-bond donors (Lipinski definition) is 1. The topological polar surface area (TPSA) is 35.6 Å². The van der Waals surface area contributed by atoms with Crippen molar-refractivity contribution in [1.29, 1.82) is 0 Å². The zero-order chi connectivity index (χ0) is 17.2. The first-order valence-corrected chi connectivity index (χ1v) is 8.43. The molecule has 1 aliphatic rings. The van der Waals surface area contributed by atoms with E-state index in [1.165, 1.54) is 0 Å². The average Bonchev–Trinajstić information content (AvgIpc) is 2.84. The molecule has 4 nitrogen and oxygen atoms in total. The highest BCUT2D eigenvalue weighted by atomic mass is 16.2. The molecule has 0 spiro atoms. The molecule has 1 N–H and O–H groups in total. The third kappa shape index (κ3) is 2.62. The highest BCUT2D eigenvalue weighted by Gasteiger charge is 2.51. The molecule has 2 aromatic carbocycles. The summed E-state index contributed by atoms with van der Waals surface area (Å²) in [6, 6.07) is 18.3. The molecule has 0 unspecified atom stereocenters. The average molecular weight is 323 g/mol. The predicted molar refractivity (Wildman–Crippen MR) is 98.0 cm³/mol. The lowest BCUT2D eigenvalue weighted by Gasteiger charge is -2.30. The minimum Gasteiger partial charge on any atom is -0.309 e. The number of rotatable bonds is 6. The largest absolute Gasteiger partial charge is 0.309 e. The predicted octanol–water partition coefficient (Wildman–Crippen LogP) is 2.80. The Kier molecular flexibility index (Phi) is 4.69. The first kappa shape index (κ1) is 16.7. The maximum atomic E-state index is 13.4. The number of carbonyl (C=O) groups excluding carboxylic acids is 1. The third-order valence-electron chi connectivity index (χ3n) is 4.82. The summed E-state index contributed by atoms with van der Waals surface area (Å²) < 4.78 is 0. The number of nitrogens with zero attached hydrogens (tertiary/aromatic N) is 2. The maximum absolute atomic E-state index is 13.4. The minimum absolute atomic E-state index is 0.108. The fourth-order valence-corrected chi connectivity index (χ4v) is 3.72. The number of hydrogen-bond acceptors (Lipinski definition) is 3. The Morgan fingerprint density at radius 1 is 1.04 bits per heavy atom. The van der Waals surface area contributed by atoms with E-state index < -0.39 is 5.41 Å². The van der Waals surface area contributed by atoms with Gasteiger partial charge in [0.15, 0.2) is 0 Å². The molecule has 0 saturated heterocycles. The molecule has 0 radical (unpaired) electrons. The molecule has 4 heteroatoms. The van der Waals surface area contributed by atoms with E-state index in [4.69, 9.17) is 0 Å². The fraction of sp³-hybridized carbons (Fsp3) is 0.350. The second-order valence-corrected chi connectivity index (χ2v) is 6.56. The summed E-state index contributed by atoms with van der Waals surface area (Å²) in [6.07, 6.45) is 1.75. The third-order valence-corrected chi connectivity index (χ3v) is 4.82. The minimum atomic E-state index is -0.614. The number of amides is 1. The van der Waals surface area contributed by atoms with Gasteiger partial charge in [-0.15, -0.1) is 0 Å². The molecule has 0 fully saturated rings. The maximum Gasteiger partial charge on any atom is 0.256 e. The van der Waals surface area contributed by atoms with Crippen LogP contribution >= 0.6 is 0 Å². The van der Waals surface area contributed by atoms with Gasteiger partial charge >= 0.3 is 0 Å². The highest BCUT2D eigenvalue weighted by molar-refractivity contribution is 6.09. The molecule has 0 saturated carbocycles. The van der Waals surface area contributed by atoms with E-state index in [0.717, 1.165) is 36.2 Å². The molecule has 0 aromatic heterocycles. The summed E-state index contributed by atoms with van der Waals surface area (Å²) in [5, 5.41) is 1.69. The number of fused-ring (bicyclic) bond motifs is 1. The van der Waals surface area contributed by atoms with Crippen LogP contribution in [0.2, 0.25) is 0 Å². The summed E-state index contributed by atoms with van der Waals surface area (Å²) in [6.45, 7) is 0.962. The lowest BCUT2D eigenvalue weighted by atomic mass is 9.72. The monoisotopic (exact) mass is 323 g/mol. The van der Waals surface area contributed by atoms with Gasteiger partial charge in [0, 0.05) is 7.05 Å². The first-order chi connectivity index (χ1) is 11.6. The second kappa shape index (κ2) is 6.75. The van der Waals surface area contributed by atoms with Crippen molar-refractivity contribution in [1.82, 2.24) is 10.3 Å².